The number of nitrogens with one attached hydrogen (secondary N) is 3. The van der Waals surface area contributed by atoms with Crippen LogP contribution in [-0.2, 0) is 0 Å². The van der Waals surface area contributed by atoms with Gasteiger partial charge in [0.25, 0.3) is 5.91 Å². The highest BCUT2D eigenvalue weighted by Gasteiger charge is 2.21. The van der Waals surface area contributed by atoms with Crippen LogP contribution in [0.2, 0.25) is 0 Å². The zero-order chi connectivity index (χ0) is 22.4. The molecule has 1 saturated carbocycles. The molecular weight excluding hydrogens is 430 g/mol. The largest absolute Gasteiger partial charge is 0.493 e. The van der Waals surface area contributed by atoms with Crippen LogP contribution in [0.3, 0.4) is 0 Å². The van der Waals surface area contributed by atoms with E-state index in [1.807, 2.05) is 26.0 Å². The predicted molar refractivity (Wildman–Crippen MR) is 119 cm³/mol. The molecule has 0 aliphatic heterocycles. The topological polar surface area (TPSA) is 141 Å². The highest BCUT2D eigenvalue weighted by molar-refractivity contribution is 7.17. The molecule has 4 heterocycles. The van der Waals surface area contributed by atoms with Crippen LogP contribution < -0.4 is 21.7 Å². The molecule has 4 aromatic heterocycles. The lowest BCUT2D eigenvalue weighted by molar-refractivity contribution is 0.0947. The lowest BCUT2D eigenvalue weighted by Crippen LogP contribution is -2.29. The number of imidazole rings is 1. The average Bonchev–Trinajstić information content (AvgIpc) is 3.12. The highest BCUT2D eigenvalue weighted by Crippen LogP contribution is 2.27. The minimum absolute atomic E-state index is 0.0487. The molecule has 164 valence electrons. The van der Waals surface area contributed by atoms with Crippen LogP contribution in [-0.4, -0.2) is 47.7 Å². The lowest BCUT2D eigenvalue weighted by Gasteiger charge is -2.05. The normalized spacial score (nSPS) is 15.2. The molecule has 11 heteroatoms. The summed E-state index contributed by atoms with van der Waals surface area (Å²) in [4.78, 5) is 39.6. The van der Waals surface area contributed by atoms with E-state index in [4.69, 9.17) is 9.98 Å². The molecule has 0 spiro atoms. The molecule has 4 N–H and O–H groups in total. The van der Waals surface area contributed by atoms with E-state index in [1.54, 1.807) is 22.9 Å². The van der Waals surface area contributed by atoms with Crippen molar-refractivity contribution < 1.29 is 9.90 Å². The number of aromatic nitrogens is 5. The van der Waals surface area contributed by atoms with Gasteiger partial charge < -0.3 is 15.4 Å². The number of aromatic amines is 2. The third kappa shape index (κ3) is 3.94. The fourth-order valence-corrected chi connectivity index (χ4v) is 4.12. The van der Waals surface area contributed by atoms with Gasteiger partial charge in [0.15, 0.2) is 11.1 Å². The van der Waals surface area contributed by atoms with Crippen LogP contribution in [0.4, 0.5) is 0 Å². The number of carbonyl (C=O) groups excluding carboxylic acids is 1. The molecule has 0 atom stereocenters. The summed E-state index contributed by atoms with van der Waals surface area (Å²) in [5.74, 6) is -0.377. The number of aromatic hydroxyl groups is 1. The van der Waals surface area contributed by atoms with Crippen LogP contribution in [0.5, 0.6) is 5.88 Å². The molecule has 0 aromatic carbocycles. The van der Waals surface area contributed by atoms with Crippen LogP contribution in [0, 0.1) is 0 Å². The van der Waals surface area contributed by atoms with Gasteiger partial charge in [0.1, 0.15) is 5.69 Å². The van der Waals surface area contributed by atoms with Crippen molar-refractivity contribution in [3.05, 3.63) is 56.2 Å². The Hall–Kier alpha value is -3.73. The maximum Gasteiger partial charge on any atom is 0.326 e. The van der Waals surface area contributed by atoms with Gasteiger partial charge in [-0.15, -0.1) is 11.3 Å². The number of H-pyrrole nitrogens is 2. The van der Waals surface area contributed by atoms with E-state index >= 15 is 0 Å². The number of carbonyl (C=O) groups is 1. The number of thiophene rings is 1. The maximum absolute atomic E-state index is 12.4. The Morgan fingerprint density at radius 1 is 1.38 bits per heavy atom. The highest BCUT2D eigenvalue weighted by atomic mass is 32.1. The molecule has 1 aliphatic carbocycles. The van der Waals surface area contributed by atoms with Crippen molar-refractivity contribution in [1.29, 1.82) is 0 Å². The summed E-state index contributed by atoms with van der Waals surface area (Å²) >= 11 is 1.36. The Kier molecular flexibility index (Phi) is 4.89. The van der Waals surface area contributed by atoms with Crippen molar-refractivity contribution in [3.8, 4) is 16.5 Å². The summed E-state index contributed by atoms with van der Waals surface area (Å²) in [6, 6.07) is 5.84. The van der Waals surface area contributed by atoms with E-state index in [-0.39, 0.29) is 29.6 Å². The number of fused-ring (bicyclic) bond motifs is 1. The molecule has 0 radical (unpaired) electrons. The number of hydrogen-bond donors (Lipinski definition) is 4. The Bertz CT molecular complexity index is 1500. The molecule has 0 bridgehead atoms. The van der Waals surface area contributed by atoms with E-state index in [9.17, 15) is 14.7 Å². The van der Waals surface area contributed by atoms with Crippen molar-refractivity contribution >= 4 is 29.0 Å². The minimum atomic E-state index is -0.505. The van der Waals surface area contributed by atoms with Gasteiger partial charge in [-0.25, -0.2) is 9.78 Å². The minimum Gasteiger partial charge on any atom is -0.493 e. The van der Waals surface area contributed by atoms with Gasteiger partial charge in [-0.1, -0.05) is 0 Å². The van der Waals surface area contributed by atoms with Gasteiger partial charge in [-0.05, 0) is 44.9 Å². The Morgan fingerprint density at radius 2 is 2.19 bits per heavy atom. The first-order valence-corrected chi connectivity index (χ1v) is 11.1. The van der Waals surface area contributed by atoms with Gasteiger partial charge in [-0.2, -0.15) is 9.61 Å². The first-order chi connectivity index (χ1) is 15.4. The molecule has 0 saturated heterocycles. The SMILES string of the molecule is CC(C)NC(=O)c1ccc(-c2cc(=NC3CC3)n3nc/c(=C/c4[nH]c(=O)[nH]c4O)c3n2)s1. The van der Waals surface area contributed by atoms with E-state index < -0.39 is 5.69 Å². The smallest absolute Gasteiger partial charge is 0.326 e. The van der Waals surface area contributed by atoms with Gasteiger partial charge >= 0.3 is 5.69 Å². The van der Waals surface area contributed by atoms with Crippen molar-refractivity contribution in [1.82, 2.24) is 29.9 Å². The molecule has 10 nitrogen and oxygen atoms in total. The lowest BCUT2D eigenvalue weighted by atomic mass is 10.3. The Morgan fingerprint density at radius 3 is 2.88 bits per heavy atom. The van der Waals surface area contributed by atoms with Crippen LogP contribution >= 0.6 is 11.3 Å². The summed E-state index contributed by atoms with van der Waals surface area (Å²) < 4.78 is 1.65. The number of hydrogen-bond acceptors (Lipinski definition) is 7. The molecular formula is C21H21N7O3S. The summed E-state index contributed by atoms with van der Waals surface area (Å²) in [6.45, 7) is 3.83. The fourth-order valence-electron chi connectivity index (χ4n) is 3.25. The third-order valence-corrected chi connectivity index (χ3v) is 5.99. The molecule has 0 unspecified atom stereocenters. The van der Waals surface area contributed by atoms with Gasteiger partial charge in [0.2, 0.25) is 5.88 Å². The van der Waals surface area contributed by atoms with Crippen LogP contribution in [0.15, 0.2) is 34.2 Å². The monoisotopic (exact) mass is 451 g/mol. The molecule has 1 aliphatic rings. The van der Waals surface area contributed by atoms with Crippen LogP contribution in [0.1, 0.15) is 42.1 Å². The van der Waals surface area contributed by atoms with E-state index in [2.05, 4.69) is 20.4 Å². The summed E-state index contributed by atoms with van der Waals surface area (Å²) in [7, 11) is 0. The van der Waals surface area contributed by atoms with Gasteiger partial charge in [0.05, 0.1) is 27.7 Å². The quantitative estimate of drug-likeness (QED) is 0.357. The second-order valence-corrected chi connectivity index (χ2v) is 9.06. The van der Waals surface area contributed by atoms with Crippen molar-refractivity contribution in [2.75, 3.05) is 0 Å². The van der Waals surface area contributed by atoms with Crippen LogP contribution in [0.25, 0.3) is 22.3 Å². The zero-order valence-electron chi connectivity index (χ0n) is 17.4. The molecule has 1 amide bonds. The Labute approximate surface area is 185 Å². The molecule has 1 fully saturated rings. The summed E-state index contributed by atoms with van der Waals surface area (Å²) in [5, 5.41) is 17.8. The van der Waals surface area contributed by atoms with Gasteiger partial charge in [0, 0.05) is 17.3 Å². The second kappa shape index (κ2) is 7.75. The van der Waals surface area contributed by atoms with Crippen molar-refractivity contribution in [2.24, 2.45) is 4.99 Å². The Balaban J connectivity index is 1.66. The fraction of sp³-hybridized carbons (Fsp3) is 0.286. The first-order valence-electron chi connectivity index (χ1n) is 10.2. The number of amides is 1. The predicted octanol–water partition coefficient (Wildman–Crippen LogP) is 0.929. The average molecular weight is 452 g/mol. The molecule has 4 aromatic rings. The number of nitrogens with zero attached hydrogens (tertiary/aromatic N) is 4. The second-order valence-electron chi connectivity index (χ2n) is 7.97. The van der Waals surface area contributed by atoms with E-state index in [0.29, 0.717) is 26.9 Å². The summed E-state index contributed by atoms with van der Waals surface area (Å²) in [6.07, 6.45) is 5.29. The maximum atomic E-state index is 12.4. The molecule has 5 rings (SSSR count). The number of rotatable bonds is 5. The van der Waals surface area contributed by atoms with Gasteiger partial charge in [-0.3, -0.25) is 14.8 Å². The third-order valence-electron chi connectivity index (χ3n) is 4.88. The van der Waals surface area contributed by atoms with Crippen molar-refractivity contribution in [2.45, 2.75) is 38.8 Å². The first kappa shape index (κ1) is 20.2. The van der Waals surface area contributed by atoms with Crippen molar-refractivity contribution in [3.63, 3.8) is 0 Å². The zero-order valence-corrected chi connectivity index (χ0v) is 18.2. The molecule has 32 heavy (non-hydrogen) atoms. The van der Waals surface area contributed by atoms with E-state index in [0.717, 1.165) is 17.7 Å². The standard InChI is InChI=1S/C21H21N7O3S/c1-10(2)23-20(30)16-6-5-15(32-16)13-8-17(24-12-3-4-12)28-18(25-13)11(9-22-28)7-14-19(29)27-21(31)26-14/h5-10,12,29H,3-4H2,1-2H3,(H,23,30)(H2,26,27,31)/b11-7-,24-17?. The van der Waals surface area contributed by atoms with E-state index in [1.165, 1.54) is 11.3 Å². The summed E-state index contributed by atoms with van der Waals surface area (Å²) in [5.41, 5.74) is 1.61.